The van der Waals surface area contributed by atoms with Gasteiger partial charge in [0.15, 0.2) is 0 Å². The Morgan fingerprint density at radius 2 is 2.00 bits per heavy atom. The van der Waals surface area contributed by atoms with Crippen molar-refractivity contribution in [2.45, 2.75) is 6.42 Å². The summed E-state index contributed by atoms with van der Waals surface area (Å²) in [5.74, 6) is -0.101. The van der Waals surface area contributed by atoms with E-state index in [2.05, 4.69) is 34.4 Å². The van der Waals surface area contributed by atoms with Crippen LogP contribution in [0.3, 0.4) is 0 Å². The molecule has 1 amide bonds. The lowest BCUT2D eigenvalue weighted by atomic mass is 10.3. The fourth-order valence-corrected chi connectivity index (χ4v) is 3.93. The molecule has 0 radical (unpaired) electrons. The summed E-state index contributed by atoms with van der Waals surface area (Å²) in [5.41, 5.74) is 1.68. The minimum Gasteiger partial charge on any atom is -0.375 e. The molecular weight excluding hydrogens is 338 g/mol. The van der Waals surface area contributed by atoms with Crippen LogP contribution in [0.2, 0.25) is 0 Å². The zero-order chi connectivity index (χ0) is 16.8. The third-order valence-corrected chi connectivity index (χ3v) is 5.50. The largest absolute Gasteiger partial charge is 0.375 e. The number of amides is 1. The maximum absolute atomic E-state index is 12.2. The van der Waals surface area contributed by atoms with Crippen LogP contribution in [-0.4, -0.2) is 31.0 Å². The Bertz CT molecular complexity index is 769. The van der Waals surface area contributed by atoms with Crippen molar-refractivity contribution in [1.82, 2.24) is 10.3 Å². The van der Waals surface area contributed by atoms with Crippen LogP contribution in [0.1, 0.15) is 16.9 Å². The van der Waals surface area contributed by atoms with Crippen molar-refractivity contribution in [3.8, 4) is 9.88 Å². The Kier molecular flexibility index (Phi) is 5.61. The molecule has 0 spiro atoms. The van der Waals surface area contributed by atoms with Gasteiger partial charge in [-0.05, 0) is 30.0 Å². The number of thiazole rings is 1. The fraction of sp³-hybridized carbons (Fsp3) is 0.222. The van der Waals surface area contributed by atoms with Crippen LogP contribution in [0.15, 0.2) is 53.2 Å². The van der Waals surface area contributed by atoms with Crippen molar-refractivity contribution in [3.05, 3.63) is 58.9 Å². The van der Waals surface area contributed by atoms with Crippen molar-refractivity contribution >= 4 is 34.3 Å². The summed E-state index contributed by atoms with van der Waals surface area (Å²) in [7, 11) is 2.06. The molecule has 2 aromatic heterocycles. The summed E-state index contributed by atoms with van der Waals surface area (Å²) in [6.07, 6.45) is 0.888. The van der Waals surface area contributed by atoms with E-state index in [9.17, 15) is 4.79 Å². The predicted octanol–water partition coefficient (Wildman–Crippen LogP) is 4.13. The van der Waals surface area contributed by atoms with E-state index in [0.717, 1.165) is 22.9 Å². The van der Waals surface area contributed by atoms with E-state index in [1.54, 1.807) is 11.3 Å². The smallest absolute Gasteiger partial charge is 0.270 e. The third kappa shape index (κ3) is 4.21. The number of benzene rings is 1. The molecule has 1 N–H and O–H groups in total. The predicted molar refractivity (Wildman–Crippen MR) is 102 cm³/mol. The molecule has 124 valence electrons. The molecule has 0 aliphatic rings. The molecule has 0 unspecified atom stereocenters. The van der Waals surface area contributed by atoms with Crippen LogP contribution in [0, 0.1) is 0 Å². The van der Waals surface area contributed by atoms with Crippen LogP contribution in [0.25, 0.3) is 9.88 Å². The number of anilines is 1. The van der Waals surface area contributed by atoms with Crippen molar-refractivity contribution in [2.75, 3.05) is 25.0 Å². The molecule has 4 nitrogen and oxygen atoms in total. The van der Waals surface area contributed by atoms with Gasteiger partial charge in [-0.1, -0.05) is 24.3 Å². The first-order valence-electron chi connectivity index (χ1n) is 7.78. The van der Waals surface area contributed by atoms with Crippen LogP contribution in [0.4, 0.5) is 5.69 Å². The van der Waals surface area contributed by atoms with E-state index < -0.39 is 0 Å². The maximum Gasteiger partial charge on any atom is 0.270 e. The van der Waals surface area contributed by atoms with Crippen LogP contribution in [-0.2, 0) is 0 Å². The first-order valence-corrected chi connectivity index (χ1v) is 9.54. The number of carbonyl (C=O) groups is 1. The number of nitrogens with one attached hydrogen (secondary N) is 1. The third-order valence-electron chi connectivity index (χ3n) is 3.62. The lowest BCUT2D eigenvalue weighted by molar-refractivity contribution is 0.0949. The van der Waals surface area contributed by atoms with E-state index >= 15 is 0 Å². The minimum atomic E-state index is -0.101. The molecule has 0 fully saturated rings. The van der Waals surface area contributed by atoms with Gasteiger partial charge in [0.25, 0.3) is 5.91 Å². The molecule has 0 aliphatic carbocycles. The topological polar surface area (TPSA) is 45.2 Å². The molecule has 3 aromatic rings. The number of aromatic nitrogens is 1. The van der Waals surface area contributed by atoms with Crippen molar-refractivity contribution in [2.24, 2.45) is 0 Å². The molecule has 1 aromatic carbocycles. The number of rotatable bonds is 7. The maximum atomic E-state index is 12.2. The normalized spacial score (nSPS) is 10.5. The van der Waals surface area contributed by atoms with Gasteiger partial charge in [0.05, 0.1) is 4.88 Å². The standard InChI is InChI=1S/C18H19N3OS2/c1-21(14-7-3-2-4-8-14)11-6-10-19-17(22)15-13-24-18(20-15)16-9-5-12-23-16/h2-5,7-9,12-13H,6,10-11H2,1H3,(H,19,22). The van der Waals surface area contributed by atoms with Gasteiger partial charge in [0.2, 0.25) is 0 Å². The van der Waals surface area contributed by atoms with E-state index in [1.165, 1.54) is 17.0 Å². The summed E-state index contributed by atoms with van der Waals surface area (Å²) >= 11 is 3.14. The van der Waals surface area contributed by atoms with Crippen LogP contribution in [0.5, 0.6) is 0 Å². The minimum absolute atomic E-state index is 0.101. The SMILES string of the molecule is CN(CCCNC(=O)c1csc(-c2cccs2)n1)c1ccccc1. The molecule has 0 saturated heterocycles. The summed E-state index contributed by atoms with van der Waals surface area (Å²) in [4.78, 5) is 19.9. The van der Waals surface area contributed by atoms with Crippen molar-refractivity contribution in [3.63, 3.8) is 0 Å². The van der Waals surface area contributed by atoms with E-state index in [4.69, 9.17) is 0 Å². The second-order valence-electron chi connectivity index (χ2n) is 5.38. The van der Waals surface area contributed by atoms with Crippen molar-refractivity contribution in [1.29, 1.82) is 0 Å². The van der Waals surface area contributed by atoms with E-state index in [-0.39, 0.29) is 5.91 Å². The quantitative estimate of drug-likeness (QED) is 0.647. The Morgan fingerprint density at radius 1 is 1.17 bits per heavy atom. The zero-order valence-electron chi connectivity index (χ0n) is 13.4. The Balaban J connectivity index is 1.44. The second kappa shape index (κ2) is 8.08. The molecule has 6 heteroatoms. The van der Waals surface area contributed by atoms with Gasteiger partial charge in [-0.25, -0.2) is 4.98 Å². The lowest BCUT2D eigenvalue weighted by Crippen LogP contribution is -2.28. The molecule has 24 heavy (non-hydrogen) atoms. The van der Waals surface area contributed by atoms with Crippen LogP contribution >= 0.6 is 22.7 Å². The van der Waals surface area contributed by atoms with Gasteiger partial charge in [0.1, 0.15) is 10.7 Å². The highest BCUT2D eigenvalue weighted by molar-refractivity contribution is 7.20. The summed E-state index contributed by atoms with van der Waals surface area (Å²) < 4.78 is 0. The molecular formula is C18H19N3OS2. The Hall–Kier alpha value is -2.18. The first kappa shape index (κ1) is 16.7. The van der Waals surface area contributed by atoms with Gasteiger partial charge in [-0.2, -0.15) is 0 Å². The molecule has 2 heterocycles. The number of thiophene rings is 1. The van der Waals surface area contributed by atoms with Gasteiger partial charge in [-0.15, -0.1) is 22.7 Å². The number of para-hydroxylation sites is 1. The number of carbonyl (C=O) groups excluding carboxylic acids is 1. The molecule has 3 rings (SSSR count). The summed E-state index contributed by atoms with van der Waals surface area (Å²) in [5, 5.41) is 7.68. The first-order chi connectivity index (χ1) is 11.7. The molecule has 0 saturated carbocycles. The number of nitrogens with zero attached hydrogens (tertiary/aromatic N) is 2. The Morgan fingerprint density at radius 3 is 2.75 bits per heavy atom. The van der Waals surface area contributed by atoms with Crippen molar-refractivity contribution < 1.29 is 4.79 Å². The van der Waals surface area contributed by atoms with E-state index in [1.807, 2.05) is 41.1 Å². The zero-order valence-corrected chi connectivity index (χ0v) is 15.1. The highest BCUT2D eigenvalue weighted by Crippen LogP contribution is 2.27. The average Bonchev–Trinajstić information content (AvgIpc) is 3.30. The average molecular weight is 358 g/mol. The number of hydrogen-bond acceptors (Lipinski definition) is 5. The molecule has 0 bridgehead atoms. The monoisotopic (exact) mass is 357 g/mol. The molecule has 0 aliphatic heterocycles. The van der Waals surface area contributed by atoms with Gasteiger partial charge < -0.3 is 10.2 Å². The number of hydrogen-bond donors (Lipinski definition) is 1. The summed E-state index contributed by atoms with van der Waals surface area (Å²) in [6, 6.07) is 14.2. The molecule has 0 atom stereocenters. The van der Waals surface area contributed by atoms with E-state index in [0.29, 0.717) is 12.2 Å². The second-order valence-corrected chi connectivity index (χ2v) is 7.19. The highest BCUT2D eigenvalue weighted by atomic mass is 32.1. The van der Waals surface area contributed by atoms with Crippen LogP contribution < -0.4 is 10.2 Å². The highest BCUT2D eigenvalue weighted by Gasteiger charge is 2.12. The fourth-order valence-electron chi connectivity index (χ4n) is 2.31. The lowest BCUT2D eigenvalue weighted by Gasteiger charge is -2.19. The van der Waals surface area contributed by atoms with Gasteiger partial charge >= 0.3 is 0 Å². The van der Waals surface area contributed by atoms with Gasteiger partial charge in [-0.3, -0.25) is 4.79 Å². The summed E-state index contributed by atoms with van der Waals surface area (Å²) in [6.45, 7) is 1.53. The van der Waals surface area contributed by atoms with Gasteiger partial charge in [0, 0.05) is 31.2 Å². The Labute approximate surface area is 149 Å².